The number of benzene rings is 1. The summed E-state index contributed by atoms with van der Waals surface area (Å²) in [6, 6.07) is 7.32. The van der Waals surface area contributed by atoms with Gasteiger partial charge in [-0.2, -0.15) is 0 Å². The number of rotatable bonds is 1. The molecule has 1 aromatic carbocycles. The van der Waals surface area contributed by atoms with Crippen molar-refractivity contribution in [3.05, 3.63) is 48.0 Å². The fourth-order valence-electron chi connectivity index (χ4n) is 4.25. The first-order valence-corrected chi connectivity index (χ1v) is 8.54. The van der Waals surface area contributed by atoms with Gasteiger partial charge in [-0.05, 0) is 30.7 Å². The largest absolute Gasteiger partial charge is 0.484 e. The Morgan fingerprint density at radius 1 is 1.23 bits per heavy atom. The lowest BCUT2D eigenvalue weighted by atomic mass is 9.74. The minimum Gasteiger partial charge on any atom is -0.484 e. The Morgan fingerprint density at radius 3 is 2.88 bits per heavy atom. The summed E-state index contributed by atoms with van der Waals surface area (Å²) in [4.78, 5) is 8.57. The summed E-state index contributed by atoms with van der Waals surface area (Å²) in [7, 11) is 0. The zero-order chi connectivity index (χ0) is 17.9. The number of hydrogen-bond acceptors (Lipinski definition) is 6. The predicted molar refractivity (Wildman–Crippen MR) is 92.3 cm³/mol. The first-order valence-electron chi connectivity index (χ1n) is 8.54. The molecule has 134 valence electrons. The molecule has 6 nitrogen and oxygen atoms in total. The van der Waals surface area contributed by atoms with E-state index in [9.17, 15) is 4.39 Å². The van der Waals surface area contributed by atoms with Gasteiger partial charge in [0.15, 0.2) is 5.54 Å². The Hall–Kier alpha value is -2.67. The van der Waals surface area contributed by atoms with Crippen LogP contribution in [0.15, 0.2) is 41.7 Å². The van der Waals surface area contributed by atoms with Crippen LogP contribution in [0.1, 0.15) is 18.9 Å². The summed E-state index contributed by atoms with van der Waals surface area (Å²) < 4.78 is 31.5. The Bertz CT molecular complexity index is 934. The van der Waals surface area contributed by atoms with Gasteiger partial charge in [0.2, 0.25) is 0 Å². The summed E-state index contributed by atoms with van der Waals surface area (Å²) in [5, 5.41) is 0. The van der Waals surface area contributed by atoms with Gasteiger partial charge < -0.3 is 19.9 Å². The zero-order valence-corrected chi connectivity index (χ0v) is 14.2. The summed E-state index contributed by atoms with van der Waals surface area (Å²) in [6.45, 7) is 2.91. The molecule has 0 bridgehead atoms. The van der Waals surface area contributed by atoms with E-state index < -0.39 is 11.1 Å². The lowest BCUT2D eigenvalue weighted by Crippen LogP contribution is -2.57. The average Bonchev–Trinajstić information content (AvgIpc) is 3.19. The van der Waals surface area contributed by atoms with E-state index in [-0.39, 0.29) is 17.9 Å². The topological polar surface area (TPSA) is 79.0 Å². The van der Waals surface area contributed by atoms with Gasteiger partial charge in [-0.3, -0.25) is 4.98 Å². The number of nitrogens with zero attached hydrogens (tertiary/aromatic N) is 2. The Morgan fingerprint density at radius 2 is 2.12 bits per heavy atom. The molecule has 4 heterocycles. The number of hydrogen-bond donors (Lipinski definition) is 1. The highest BCUT2D eigenvalue weighted by Gasteiger charge is 2.62. The SMILES string of the molecule is C[C@]12CCO[C@H]1C1(COC(N)=N1)c1cc(-c3cncc(F)c3)ccc1O2. The molecule has 0 amide bonds. The first kappa shape index (κ1) is 15.6. The third-order valence-electron chi connectivity index (χ3n) is 5.45. The molecule has 7 heteroatoms. The minimum absolute atomic E-state index is 0.147. The molecule has 3 aliphatic rings. The maximum Gasteiger partial charge on any atom is 0.283 e. The van der Waals surface area contributed by atoms with E-state index in [1.165, 1.54) is 12.3 Å². The van der Waals surface area contributed by atoms with Gasteiger partial charge in [-0.15, -0.1) is 0 Å². The maximum atomic E-state index is 13.6. The van der Waals surface area contributed by atoms with Crippen LogP contribution < -0.4 is 10.5 Å². The van der Waals surface area contributed by atoms with Crippen LogP contribution in [-0.2, 0) is 15.0 Å². The number of aliphatic imine (C=N–C) groups is 1. The molecule has 2 aromatic rings. The van der Waals surface area contributed by atoms with Gasteiger partial charge in [-0.25, -0.2) is 9.38 Å². The Balaban J connectivity index is 1.71. The average molecular weight is 355 g/mol. The van der Waals surface area contributed by atoms with Gasteiger partial charge in [0, 0.05) is 23.7 Å². The smallest absolute Gasteiger partial charge is 0.283 e. The number of nitrogens with two attached hydrogens (primary N) is 1. The summed E-state index contributed by atoms with van der Waals surface area (Å²) in [5.74, 6) is 0.341. The summed E-state index contributed by atoms with van der Waals surface area (Å²) in [6.07, 6.45) is 3.27. The van der Waals surface area contributed by atoms with E-state index in [2.05, 4.69) is 9.98 Å². The van der Waals surface area contributed by atoms with Crippen LogP contribution in [0.25, 0.3) is 11.1 Å². The van der Waals surface area contributed by atoms with Crippen molar-refractivity contribution in [2.75, 3.05) is 13.2 Å². The number of fused-ring (bicyclic) bond motifs is 4. The Labute approximate surface area is 149 Å². The highest BCUT2D eigenvalue weighted by atomic mass is 19.1. The summed E-state index contributed by atoms with van der Waals surface area (Å²) in [5.41, 5.74) is 6.94. The normalized spacial score (nSPS) is 31.8. The second-order valence-corrected chi connectivity index (χ2v) is 7.18. The van der Waals surface area contributed by atoms with Crippen LogP contribution in [0.2, 0.25) is 0 Å². The molecule has 26 heavy (non-hydrogen) atoms. The van der Waals surface area contributed by atoms with Crippen molar-refractivity contribution in [2.45, 2.75) is 30.6 Å². The molecule has 3 atom stereocenters. The molecule has 1 spiro atoms. The van der Waals surface area contributed by atoms with Crippen LogP contribution in [0.5, 0.6) is 5.75 Å². The fourth-order valence-corrected chi connectivity index (χ4v) is 4.25. The van der Waals surface area contributed by atoms with Crippen LogP contribution in [0, 0.1) is 5.82 Å². The van der Waals surface area contributed by atoms with Crippen molar-refractivity contribution in [1.82, 2.24) is 4.98 Å². The number of halogens is 1. The Kier molecular flexibility index (Phi) is 3.10. The standard InChI is InChI=1S/C19H18FN3O3/c1-18-4-5-24-16(18)19(10-25-17(21)23-19)14-7-11(2-3-15(14)26-18)12-6-13(20)9-22-8-12/h2-3,6-9,16H,4-5,10H2,1H3,(H2,21,23)/t16-,18+,19?/m1/s1. The van der Waals surface area contributed by atoms with Crippen molar-refractivity contribution in [3.63, 3.8) is 0 Å². The molecule has 1 fully saturated rings. The summed E-state index contributed by atoms with van der Waals surface area (Å²) >= 11 is 0. The minimum atomic E-state index is -0.764. The lowest BCUT2D eigenvalue weighted by molar-refractivity contribution is -0.0755. The van der Waals surface area contributed by atoms with E-state index in [0.29, 0.717) is 18.8 Å². The molecule has 3 aliphatic heterocycles. The molecule has 2 N–H and O–H groups in total. The molecule has 1 saturated heterocycles. The van der Waals surface area contributed by atoms with E-state index in [1.807, 2.05) is 25.1 Å². The predicted octanol–water partition coefficient (Wildman–Crippen LogP) is 2.37. The third-order valence-corrected chi connectivity index (χ3v) is 5.45. The second-order valence-electron chi connectivity index (χ2n) is 7.18. The van der Waals surface area contributed by atoms with Gasteiger partial charge in [0.1, 0.15) is 29.9 Å². The van der Waals surface area contributed by atoms with Gasteiger partial charge in [0.05, 0.1) is 12.8 Å². The van der Waals surface area contributed by atoms with Gasteiger partial charge in [0.25, 0.3) is 6.02 Å². The van der Waals surface area contributed by atoms with Gasteiger partial charge >= 0.3 is 0 Å². The highest BCUT2D eigenvalue weighted by Crippen LogP contribution is 2.53. The molecule has 1 aromatic heterocycles. The van der Waals surface area contributed by atoms with Crippen molar-refractivity contribution >= 4 is 6.02 Å². The fraction of sp³-hybridized carbons (Fsp3) is 0.368. The van der Waals surface area contributed by atoms with Crippen molar-refractivity contribution in [3.8, 4) is 16.9 Å². The first-order chi connectivity index (χ1) is 12.5. The highest BCUT2D eigenvalue weighted by molar-refractivity contribution is 5.75. The monoisotopic (exact) mass is 355 g/mol. The van der Waals surface area contributed by atoms with E-state index in [0.717, 1.165) is 23.3 Å². The number of aromatic nitrogens is 1. The molecular weight excluding hydrogens is 337 g/mol. The van der Waals surface area contributed by atoms with E-state index in [4.69, 9.17) is 19.9 Å². The van der Waals surface area contributed by atoms with E-state index >= 15 is 0 Å². The lowest BCUT2D eigenvalue weighted by Gasteiger charge is -2.45. The number of pyridine rings is 1. The van der Waals surface area contributed by atoms with Crippen molar-refractivity contribution in [1.29, 1.82) is 0 Å². The zero-order valence-electron chi connectivity index (χ0n) is 14.2. The third kappa shape index (κ3) is 2.07. The van der Waals surface area contributed by atoms with Crippen LogP contribution in [0.3, 0.4) is 0 Å². The molecular formula is C19H18FN3O3. The van der Waals surface area contributed by atoms with E-state index in [1.54, 1.807) is 6.20 Å². The van der Waals surface area contributed by atoms with Crippen LogP contribution in [-0.4, -0.2) is 35.9 Å². The molecule has 1 unspecified atom stereocenters. The van der Waals surface area contributed by atoms with Crippen molar-refractivity contribution in [2.24, 2.45) is 10.7 Å². The maximum absolute atomic E-state index is 13.6. The molecule has 0 saturated carbocycles. The second kappa shape index (κ2) is 5.17. The van der Waals surface area contributed by atoms with Crippen molar-refractivity contribution < 1.29 is 18.6 Å². The molecule has 0 radical (unpaired) electrons. The van der Waals surface area contributed by atoms with Gasteiger partial charge in [-0.1, -0.05) is 6.07 Å². The quantitative estimate of drug-likeness (QED) is 0.850. The molecule has 5 rings (SSSR count). The number of amidine groups is 1. The molecule has 0 aliphatic carbocycles. The van der Waals surface area contributed by atoms with Crippen LogP contribution in [0.4, 0.5) is 4.39 Å². The number of ether oxygens (including phenoxy) is 3. The van der Waals surface area contributed by atoms with Crippen LogP contribution >= 0.6 is 0 Å².